The summed E-state index contributed by atoms with van der Waals surface area (Å²) >= 11 is 0. The number of carbonyl (C=O) groups is 2. The summed E-state index contributed by atoms with van der Waals surface area (Å²) in [5.41, 5.74) is 0.454. The second-order valence-electron chi connectivity index (χ2n) is 6.47. The lowest BCUT2D eigenvalue weighted by molar-refractivity contribution is 0.0433. The van der Waals surface area contributed by atoms with Gasteiger partial charge in [0.1, 0.15) is 5.75 Å². The predicted octanol–water partition coefficient (Wildman–Crippen LogP) is 0.581. The van der Waals surface area contributed by atoms with Crippen LogP contribution in [0.3, 0.4) is 0 Å². The van der Waals surface area contributed by atoms with Crippen molar-refractivity contribution in [2.24, 2.45) is 5.92 Å². The van der Waals surface area contributed by atoms with Crippen LogP contribution in [0.25, 0.3) is 0 Å². The number of phenols is 1. The summed E-state index contributed by atoms with van der Waals surface area (Å²) in [4.78, 5) is 28.6. The Kier molecular flexibility index (Phi) is 4.73. The number of carbonyl (C=O) groups excluding carboxylic acids is 2. The third kappa shape index (κ3) is 3.37. The minimum Gasteiger partial charge on any atom is -0.508 e. The Bertz CT molecular complexity index is 648. The molecule has 1 aromatic carbocycles. The molecule has 7 heteroatoms. The fourth-order valence-electron chi connectivity index (χ4n) is 3.37. The zero-order valence-corrected chi connectivity index (χ0v) is 13.9. The summed E-state index contributed by atoms with van der Waals surface area (Å²) in [7, 11) is 3.31. The molecule has 1 aromatic rings. The molecule has 3 rings (SSSR count). The quantitative estimate of drug-likeness (QED) is 0.797. The largest absolute Gasteiger partial charge is 0.508 e. The summed E-state index contributed by atoms with van der Waals surface area (Å²) in [5, 5.41) is 9.84. The average Bonchev–Trinajstić information content (AvgIpc) is 2.81. The Balaban J connectivity index is 1.86. The molecular formula is C17H22N2O5. The molecule has 2 aliphatic rings. The van der Waals surface area contributed by atoms with E-state index in [4.69, 9.17) is 4.74 Å². The highest BCUT2D eigenvalue weighted by molar-refractivity contribution is 5.98. The topological polar surface area (TPSA) is 79.3 Å². The van der Waals surface area contributed by atoms with E-state index in [2.05, 4.69) is 9.64 Å². The van der Waals surface area contributed by atoms with E-state index in [0.29, 0.717) is 31.9 Å². The third-order valence-electron chi connectivity index (χ3n) is 4.62. The van der Waals surface area contributed by atoms with Crippen molar-refractivity contribution < 1.29 is 24.2 Å². The van der Waals surface area contributed by atoms with Gasteiger partial charge in [-0.1, -0.05) is 0 Å². The molecule has 1 amide bonds. The molecule has 2 heterocycles. The smallest absolute Gasteiger partial charge is 0.338 e. The molecule has 0 aromatic heterocycles. The molecule has 0 saturated carbocycles. The van der Waals surface area contributed by atoms with Gasteiger partial charge in [-0.05, 0) is 25.2 Å². The summed E-state index contributed by atoms with van der Waals surface area (Å²) < 4.78 is 10.3. The van der Waals surface area contributed by atoms with Gasteiger partial charge in [-0.3, -0.25) is 9.69 Å². The van der Waals surface area contributed by atoms with Crippen molar-refractivity contribution in [3.05, 3.63) is 29.3 Å². The van der Waals surface area contributed by atoms with Gasteiger partial charge in [0.25, 0.3) is 5.91 Å². The zero-order chi connectivity index (χ0) is 17.3. The number of ether oxygens (including phenoxy) is 2. The summed E-state index contributed by atoms with van der Waals surface area (Å²) in [6.07, 6.45) is 0. The van der Waals surface area contributed by atoms with Crippen LogP contribution in [0.2, 0.25) is 0 Å². The molecule has 0 spiro atoms. The van der Waals surface area contributed by atoms with E-state index >= 15 is 0 Å². The van der Waals surface area contributed by atoms with Crippen molar-refractivity contribution >= 4 is 11.9 Å². The van der Waals surface area contributed by atoms with Crippen LogP contribution in [0.4, 0.5) is 0 Å². The van der Waals surface area contributed by atoms with Crippen molar-refractivity contribution in [1.29, 1.82) is 0 Å². The minimum absolute atomic E-state index is 0.128. The van der Waals surface area contributed by atoms with Crippen molar-refractivity contribution in [2.75, 3.05) is 47.0 Å². The number of amides is 1. The highest BCUT2D eigenvalue weighted by Crippen LogP contribution is 2.22. The number of methoxy groups -OCH3 is 1. The van der Waals surface area contributed by atoms with Crippen molar-refractivity contribution in [1.82, 2.24) is 9.80 Å². The average molecular weight is 334 g/mol. The number of benzene rings is 1. The van der Waals surface area contributed by atoms with E-state index < -0.39 is 5.97 Å². The first-order chi connectivity index (χ1) is 11.5. The Labute approximate surface area is 140 Å². The van der Waals surface area contributed by atoms with Gasteiger partial charge in [0, 0.05) is 31.1 Å². The Morgan fingerprint density at radius 1 is 1.17 bits per heavy atom. The highest BCUT2D eigenvalue weighted by Gasteiger charge is 2.33. The molecule has 24 heavy (non-hydrogen) atoms. The summed E-state index contributed by atoms with van der Waals surface area (Å²) in [6.45, 7) is 3.29. The number of rotatable bonds is 2. The van der Waals surface area contributed by atoms with E-state index in [-0.39, 0.29) is 29.2 Å². The lowest BCUT2D eigenvalue weighted by Gasteiger charge is -2.30. The van der Waals surface area contributed by atoms with Gasteiger partial charge in [-0.15, -0.1) is 0 Å². The molecule has 130 valence electrons. The molecule has 2 fully saturated rings. The van der Waals surface area contributed by atoms with E-state index in [9.17, 15) is 14.7 Å². The van der Waals surface area contributed by atoms with Gasteiger partial charge in [0.2, 0.25) is 0 Å². The maximum Gasteiger partial charge on any atom is 0.338 e. The number of hydrogen-bond acceptors (Lipinski definition) is 6. The molecule has 2 atom stereocenters. The van der Waals surface area contributed by atoms with E-state index in [1.807, 2.05) is 7.05 Å². The van der Waals surface area contributed by atoms with Gasteiger partial charge < -0.3 is 19.5 Å². The fourth-order valence-corrected chi connectivity index (χ4v) is 3.37. The number of hydrogen-bond donors (Lipinski definition) is 1. The number of esters is 1. The molecule has 2 aliphatic heterocycles. The van der Waals surface area contributed by atoms with Crippen LogP contribution in [0.15, 0.2) is 18.2 Å². The second kappa shape index (κ2) is 6.78. The second-order valence-corrected chi connectivity index (χ2v) is 6.47. The van der Waals surface area contributed by atoms with Gasteiger partial charge in [-0.2, -0.15) is 0 Å². The maximum atomic E-state index is 12.9. The van der Waals surface area contributed by atoms with Crippen LogP contribution >= 0.6 is 0 Å². The predicted molar refractivity (Wildman–Crippen MR) is 86.1 cm³/mol. The third-order valence-corrected chi connectivity index (χ3v) is 4.62. The highest BCUT2D eigenvalue weighted by atomic mass is 16.5. The minimum atomic E-state index is -0.583. The zero-order valence-electron chi connectivity index (χ0n) is 13.9. The summed E-state index contributed by atoms with van der Waals surface area (Å²) in [6, 6.07) is 4.30. The molecule has 2 saturated heterocycles. The van der Waals surface area contributed by atoms with Gasteiger partial charge in [0.15, 0.2) is 0 Å². The molecule has 2 bridgehead atoms. The van der Waals surface area contributed by atoms with Crippen LogP contribution in [0, 0.1) is 5.92 Å². The number of aromatic hydroxyl groups is 1. The molecule has 0 aliphatic carbocycles. The first-order valence-corrected chi connectivity index (χ1v) is 7.97. The first-order valence-electron chi connectivity index (χ1n) is 7.97. The lowest BCUT2D eigenvalue weighted by atomic mass is 10.1. The maximum absolute atomic E-state index is 12.9. The van der Waals surface area contributed by atoms with Crippen LogP contribution in [0.5, 0.6) is 5.75 Å². The molecular weight excluding hydrogens is 312 g/mol. The van der Waals surface area contributed by atoms with Crippen LogP contribution < -0.4 is 0 Å². The van der Waals surface area contributed by atoms with Crippen LogP contribution in [-0.2, 0) is 9.47 Å². The Hall–Kier alpha value is -2.12. The Morgan fingerprint density at radius 2 is 1.92 bits per heavy atom. The molecule has 0 radical (unpaired) electrons. The van der Waals surface area contributed by atoms with E-state index in [0.717, 1.165) is 6.54 Å². The number of phenolic OH excluding ortho intramolecular Hbond substituents is 1. The summed E-state index contributed by atoms with van der Waals surface area (Å²) in [5.74, 6) is -0.648. The van der Waals surface area contributed by atoms with Crippen LogP contribution in [-0.4, -0.2) is 79.8 Å². The van der Waals surface area contributed by atoms with Crippen molar-refractivity contribution in [2.45, 2.75) is 6.04 Å². The first kappa shape index (κ1) is 16.7. The normalized spacial score (nSPS) is 24.3. The fraction of sp³-hybridized carbons (Fsp3) is 0.529. The van der Waals surface area contributed by atoms with Gasteiger partial charge in [0.05, 0.1) is 31.9 Å². The number of fused-ring (bicyclic) bond motifs is 3. The van der Waals surface area contributed by atoms with E-state index in [1.54, 1.807) is 4.90 Å². The van der Waals surface area contributed by atoms with E-state index in [1.165, 1.54) is 25.3 Å². The number of nitrogens with zero attached hydrogens (tertiary/aromatic N) is 2. The van der Waals surface area contributed by atoms with Crippen molar-refractivity contribution in [3.63, 3.8) is 0 Å². The van der Waals surface area contributed by atoms with Crippen molar-refractivity contribution in [3.8, 4) is 5.75 Å². The molecule has 0 unspecified atom stereocenters. The molecule has 7 nitrogen and oxygen atoms in total. The lowest BCUT2D eigenvalue weighted by Crippen LogP contribution is -2.44. The monoisotopic (exact) mass is 334 g/mol. The SMILES string of the molecule is COC(=O)c1cc(O)cc(C(=O)N2C[C@@H]3COC[C@H](C2)N(C)C3)c1. The molecule has 1 N–H and O–H groups in total. The number of likely N-dealkylation sites (N-methyl/N-ethyl adjacent to an activating group) is 1. The Morgan fingerprint density at radius 3 is 2.67 bits per heavy atom. The van der Waals surface area contributed by atoms with Gasteiger partial charge in [-0.25, -0.2) is 4.79 Å². The standard InChI is InChI=1S/C17H22N2O5/c1-18-6-11-7-19(8-14(18)10-24-9-11)16(21)12-3-13(17(22)23-2)5-15(20)4-12/h3-5,11,14,20H,6-10H2,1-2H3/t11-,14+/m1/s1. The van der Waals surface area contributed by atoms with Gasteiger partial charge >= 0.3 is 5.97 Å². The van der Waals surface area contributed by atoms with Crippen LogP contribution in [0.1, 0.15) is 20.7 Å².